The topological polar surface area (TPSA) is 19.6 Å². The van der Waals surface area contributed by atoms with Gasteiger partial charge in [0.25, 0.3) is 0 Å². The fourth-order valence-electron chi connectivity index (χ4n) is 6.90. The molecule has 0 amide bonds. The maximum absolute atomic E-state index is 6.56. The molecular formula is C32H28N2O. The van der Waals surface area contributed by atoms with E-state index in [0.29, 0.717) is 11.8 Å². The Hall–Kier alpha value is -3.72. The Balaban J connectivity index is 1.44. The van der Waals surface area contributed by atoms with Crippen molar-refractivity contribution in [1.29, 1.82) is 0 Å². The van der Waals surface area contributed by atoms with Crippen molar-refractivity contribution >= 4 is 38.8 Å². The van der Waals surface area contributed by atoms with Gasteiger partial charge in [0.2, 0.25) is 0 Å². The number of nitrogens with zero attached hydrogens (tertiary/aromatic N) is 2. The number of hydrogen-bond donors (Lipinski definition) is 0. The molecule has 1 aromatic heterocycles. The first-order valence-corrected chi connectivity index (χ1v) is 12.8. The molecule has 8 rings (SSSR count). The lowest BCUT2D eigenvalue weighted by Crippen LogP contribution is -2.31. The predicted octanol–water partition coefficient (Wildman–Crippen LogP) is 8.65. The molecule has 4 heterocycles. The van der Waals surface area contributed by atoms with Crippen LogP contribution >= 0.6 is 0 Å². The van der Waals surface area contributed by atoms with Crippen LogP contribution in [0.3, 0.4) is 0 Å². The Morgan fingerprint density at radius 2 is 1.69 bits per heavy atom. The van der Waals surface area contributed by atoms with E-state index in [9.17, 15) is 0 Å². The standard InChI is InChI=1S/C32H28N2O/c1-17(2)22-7-5-8-23-19(4)24-9-6-10-26-31(24)34(30(22)23)32-29-25-14-21-13-18(3)11-12-20(21)15-27(25)35-28(29)16-33(26)32/h5-15,17,19,32H,16H2,1-4H3. The lowest BCUT2D eigenvalue weighted by Gasteiger charge is -2.38. The molecular weight excluding hydrogens is 428 g/mol. The number of rotatable bonds is 1. The highest BCUT2D eigenvalue weighted by atomic mass is 16.3. The van der Waals surface area contributed by atoms with Gasteiger partial charge in [-0.2, -0.15) is 0 Å². The van der Waals surface area contributed by atoms with Crippen molar-refractivity contribution in [3.8, 4) is 0 Å². The minimum absolute atomic E-state index is 0.121. The molecule has 0 saturated heterocycles. The summed E-state index contributed by atoms with van der Waals surface area (Å²) >= 11 is 0. The van der Waals surface area contributed by atoms with Crippen LogP contribution in [0.5, 0.6) is 0 Å². The van der Waals surface area contributed by atoms with Gasteiger partial charge in [-0.3, -0.25) is 0 Å². The van der Waals surface area contributed by atoms with Crippen LogP contribution in [0, 0.1) is 6.92 Å². The summed E-state index contributed by atoms with van der Waals surface area (Å²) in [5.74, 6) is 1.94. The minimum Gasteiger partial charge on any atom is -0.459 e. The zero-order chi connectivity index (χ0) is 23.6. The summed E-state index contributed by atoms with van der Waals surface area (Å²) in [6.45, 7) is 9.98. The van der Waals surface area contributed by atoms with Gasteiger partial charge in [-0.05, 0) is 58.5 Å². The number of fused-ring (bicyclic) bond motifs is 10. The van der Waals surface area contributed by atoms with Crippen molar-refractivity contribution in [3.05, 3.63) is 100 Å². The van der Waals surface area contributed by atoms with E-state index in [0.717, 1.165) is 17.9 Å². The Morgan fingerprint density at radius 1 is 0.886 bits per heavy atom. The van der Waals surface area contributed by atoms with E-state index >= 15 is 0 Å². The monoisotopic (exact) mass is 456 g/mol. The van der Waals surface area contributed by atoms with Crippen LogP contribution in [0.15, 0.2) is 71.1 Å². The molecule has 3 heteroatoms. The van der Waals surface area contributed by atoms with Crippen molar-refractivity contribution in [3.63, 3.8) is 0 Å². The van der Waals surface area contributed by atoms with E-state index in [4.69, 9.17) is 4.42 Å². The largest absolute Gasteiger partial charge is 0.459 e. The molecule has 3 nitrogen and oxygen atoms in total. The smallest absolute Gasteiger partial charge is 0.137 e. The Morgan fingerprint density at radius 3 is 2.51 bits per heavy atom. The third-order valence-corrected chi connectivity index (χ3v) is 8.52. The first-order chi connectivity index (χ1) is 17.0. The fourth-order valence-corrected chi connectivity index (χ4v) is 6.90. The average Bonchev–Trinajstić information content (AvgIpc) is 3.48. The SMILES string of the molecule is Cc1ccc2cc3oc4c(c3cc2c1)C1N(C4)c2cccc3c2N1c1c(C(C)C)cccc1C3C. The van der Waals surface area contributed by atoms with E-state index in [-0.39, 0.29) is 6.17 Å². The molecule has 3 aliphatic rings. The highest BCUT2D eigenvalue weighted by Crippen LogP contribution is 2.63. The molecule has 0 radical (unpaired) electrons. The summed E-state index contributed by atoms with van der Waals surface area (Å²) in [7, 11) is 0. The van der Waals surface area contributed by atoms with E-state index in [1.54, 1.807) is 0 Å². The van der Waals surface area contributed by atoms with Crippen LogP contribution in [0.1, 0.15) is 72.4 Å². The lowest BCUT2D eigenvalue weighted by molar-refractivity contribution is 0.556. The molecule has 2 unspecified atom stereocenters. The molecule has 0 fully saturated rings. The highest BCUT2D eigenvalue weighted by Gasteiger charge is 2.50. The second kappa shape index (κ2) is 6.48. The van der Waals surface area contributed by atoms with Gasteiger partial charge in [-0.25, -0.2) is 0 Å². The molecule has 0 N–H and O–H groups in total. The van der Waals surface area contributed by atoms with Crippen LogP contribution in [0.4, 0.5) is 17.1 Å². The lowest BCUT2D eigenvalue weighted by atomic mass is 9.82. The van der Waals surface area contributed by atoms with Crippen LogP contribution < -0.4 is 9.80 Å². The number of furan rings is 1. The number of benzene rings is 4. The van der Waals surface area contributed by atoms with E-state index < -0.39 is 0 Å². The molecule has 5 aromatic rings. The maximum atomic E-state index is 6.56. The number of para-hydroxylation sites is 2. The van der Waals surface area contributed by atoms with Crippen molar-refractivity contribution in [2.24, 2.45) is 0 Å². The average molecular weight is 457 g/mol. The normalized spacial score (nSPS) is 19.5. The van der Waals surface area contributed by atoms with Crippen LogP contribution in [-0.2, 0) is 6.54 Å². The summed E-state index contributed by atoms with van der Waals surface area (Å²) in [5, 5.41) is 3.78. The van der Waals surface area contributed by atoms with E-state index in [2.05, 4.69) is 104 Å². The molecule has 35 heavy (non-hydrogen) atoms. The molecule has 2 atom stereocenters. The molecule has 0 aliphatic carbocycles. The molecule has 4 aromatic carbocycles. The fraction of sp³-hybridized carbons (Fsp3) is 0.250. The molecule has 0 spiro atoms. The van der Waals surface area contributed by atoms with Gasteiger partial charge in [0.15, 0.2) is 0 Å². The van der Waals surface area contributed by atoms with Gasteiger partial charge in [-0.1, -0.05) is 74.9 Å². The van der Waals surface area contributed by atoms with Crippen molar-refractivity contribution in [2.75, 3.05) is 9.80 Å². The first kappa shape index (κ1) is 19.6. The van der Waals surface area contributed by atoms with Gasteiger partial charge in [-0.15, -0.1) is 0 Å². The summed E-state index contributed by atoms with van der Waals surface area (Å²) < 4.78 is 6.56. The van der Waals surface area contributed by atoms with Gasteiger partial charge in [0.1, 0.15) is 17.5 Å². The third-order valence-electron chi connectivity index (χ3n) is 8.52. The van der Waals surface area contributed by atoms with Crippen molar-refractivity contribution in [2.45, 2.75) is 52.2 Å². The molecule has 172 valence electrons. The quantitative estimate of drug-likeness (QED) is 0.252. The summed E-state index contributed by atoms with van der Waals surface area (Å²) in [6, 6.07) is 25.0. The third kappa shape index (κ3) is 2.36. The van der Waals surface area contributed by atoms with Crippen LogP contribution in [0.25, 0.3) is 21.7 Å². The summed E-state index contributed by atoms with van der Waals surface area (Å²) in [6.07, 6.45) is 0.121. The predicted molar refractivity (Wildman–Crippen MR) is 144 cm³/mol. The van der Waals surface area contributed by atoms with Crippen LogP contribution in [0.2, 0.25) is 0 Å². The zero-order valence-corrected chi connectivity index (χ0v) is 20.6. The molecule has 3 aliphatic heterocycles. The second-order valence-corrected chi connectivity index (χ2v) is 10.9. The number of aryl methyl sites for hydroxylation is 1. The van der Waals surface area contributed by atoms with Crippen LogP contribution in [-0.4, -0.2) is 0 Å². The van der Waals surface area contributed by atoms with E-state index in [1.807, 2.05) is 0 Å². The number of anilines is 3. The summed E-state index contributed by atoms with van der Waals surface area (Å²) in [5.41, 5.74) is 12.1. The highest BCUT2D eigenvalue weighted by molar-refractivity contribution is 6.01. The maximum Gasteiger partial charge on any atom is 0.137 e. The van der Waals surface area contributed by atoms with Gasteiger partial charge in [0.05, 0.1) is 23.6 Å². The Labute approximate surface area is 205 Å². The molecule has 0 saturated carbocycles. The molecule has 0 bridgehead atoms. The zero-order valence-electron chi connectivity index (χ0n) is 20.6. The summed E-state index contributed by atoms with van der Waals surface area (Å²) in [4.78, 5) is 5.21. The minimum atomic E-state index is 0.121. The van der Waals surface area contributed by atoms with Gasteiger partial charge < -0.3 is 14.2 Å². The number of hydrogen-bond acceptors (Lipinski definition) is 3. The second-order valence-electron chi connectivity index (χ2n) is 10.9. The van der Waals surface area contributed by atoms with E-state index in [1.165, 1.54) is 61.0 Å². The van der Waals surface area contributed by atoms with Crippen molar-refractivity contribution in [1.82, 2.24) is 0 Å². The first-order valence-electron chi connectivity index (χ1n) is 12.8. The van der Waals surface area contributed by atoms with Gasteiger partial charge in [0, 0.05) is 16.9 Å². The Bertz CT molecular complexity index is 1710. The Kier molecular flexibility index (Phi) is 3.63. The van der Waals surface area contributed by atoms with Crippen molar-refractivity contribution < 1.29 is 4.42 Å². The van der Waals surface area contributed by atoms with Gasteiger partial charge >= 0.3 is 0 Å².